The number of carbonyl (C=O) groups excluding carboxylic acids is 3. The molecule has 10 heteroatoms. The van der Waals surface area contributed by atoms with Crippen LogP contribution < -0.4 is 20.7 Å². The Morgan fingerprint density at radius 1 is 0.933 bits per heavy atom. The summed E-state index contributed by atoms with van der Waals surface area (Å²) in [6, 6.07) is 0. The predicted molar refractivity (Wildman–Crippen MR) is 243 cm³/mol. The number of ether oxygens (including phenoxy) is 2. The molecule has 1 fully saturated rings. The summed E-state index contributed by atoms with van der Waals surface area (Å²) in [5, 5.41) is 7.07. The van der Waals surface area contributed by atoms with Gasteiger partial charge in [0, 0.05) is 22.7 Å². The van der Waals surface area contributed by atoms with E-state index < -0.39 is 11.9 Å². The molecule has 0 spiro atoms. The molecule has 0 saturated carbocycles. The molecule has 0 aromatic carbocycles. The van der Waals surface area contributed by atoms with Crippen molar-refractivity contribution in [2.24, 2.45) is 29.6 Å². The minimum Gasteiger partial charge on any atom is -0.664 e. The van der Waals surface area contributed by atoms with Gasteiger partial charge in [0.15, 0.2) is 5.78 Å². The summed E-state index contributed by atoms with van der Waals surface area (Å²) in [6.45, 7) is 23.6. The molecule has 316 valence electrons. The maximum atomic E-state index is 14.3. The average Bonchev–Trinajstić information content (AvgIpc) is 3.94. The van der Waals surface area contributed by atoms with Crippen LogP contribution in [0.15, 0.2) is 29.6 Å². The Labute approximate surface area is 372 Å². The first-order valence-electron chi connectivity index (χ1n) is 21.7. The summed E-state index contributed by atoms with van der Waals surface area (Å²) in [5.74, 6) is -1.52. The molecule has 9 nitrogen and oxygen atoms in total. The molecule has 0 unspecified atom stereocenters. The number of hydrogen-bond acceptors (Lipinski definition) is 5. The number of hydrogen-bond donors (Lipinski definition) is 1. The average molecular weight is 824 g/mol. The zero-order valence-corrected chi connectivity index (χ0v) is 39.1. The fourth-order valence-electron chi connectivity index (χ4n) is 9.20. The van der Waals surface area contributed by atoms with Gasteiger partial charge >= 0.3 is 35.0 Å². The van der Waals surface area contributed by atoms with E-state index in [0.717, 1.165) is 81.1 Å². The zero-order chi connectivity index (χ0) is 42.7. The van der Waals surface area contributed by atoms with Crippen LogP contribution in [0.4, 0.5) is 0 Å². The monoisotopic (exact) mass is 823 g/mol. The van der Waals surface area contributed by atoms with Gasteiger partial charge in [-0.3, -0.25) is 14.4 Å². The molecule has 1 aliphatic carbocycles. The molecule has 0 radical (unpaired) electrons. The van der Waals surface area contributed by atoms with Gasteiger partial charge in [0.2, 0.25) is 0 Å². The number of methoxy groups -OCH3 is 1. The third-order valence-electron chi connectivity index (χ3n) is 12.9. The normalized spacial score (nSPS) is 21.9. The third-order valence-corrected chi connectivity index (χ3v) is 12.9. The number of fused-ring (bicyclic) bond motifs is 7. The van der Waals surface area contributed by atoms with Gasteiger partial charge < -0.3 is 29.7 Å². The van der Waals surface area contributed by atoms with Crippen molar-refractivity contribution in [3.8, 4) is 0 Å². The SMILES string of the molecule is C=Cc1c2[n-]c(c1C)/C=C1\[N-]/C(=C3\c4[n-]c(c(C)c4C(=O)[C@@H]3C(=O)OC)/C=c3\[nH]/c(c(C)c3CC)=C\2)[C@@H](CCC(=O)OC/C=C(\C)CCC[C@H](C)CCCC(C)C)[C@@H]1C.[Mg+2]. The molecular weight excluding hydrogens is 761 g/mol. The van der Waals surface area contributed by atoms with Crippen LogP contribution in [0.5, 0.6) is 0 Å². The molecule has 4 atom stereocenters. The summed E-state index contributed by atoms with van der Waals surface area (Å²) in [5.41, 5.74) is 11.0. The number of rotatable bonds is 16. The zero-order valence-electron chi connectivity index (χ0n) is 37.6. The number of nitrogens with zero attached hydrogens (tertiary/aromatic N) is 3. The number of aromatic amines is 1. The first kappa shape index (κ1) is 46.8. The Hall–Kier alpha value is -4.28. The number of allylic oxidation sites excluding steroid dienone is 3. The van der Waals surface area contributed by atoms with Crippen LogP contribution in [0, 0.1) is 50.4 Å². The van der Waals surface area contributed by atoms with E-state index in [4.69, 9.17) is 24.8 Å². The van der Waals surface area contributed by atoms with Gasteiger partial charge in [-0.1, -0.05) is 113 Å². The summed E-state index contributed by atoms with van der Waals surface area (Å²) in [6.07, 6.45) is 18.4. The number of esters is 2. The van der Waals surface area contributed by atoms with Crippen LogP contribution >= 0.6 is 0 Å². The van der Waals surface area contributed by atoms with Crippen LogP contribution in [0.1, 0.15) is 154 Å². The van der Waals surface area contributed by atoms with Crippen molar-refractivity contribution in [3.05, 3.63) is 102 Å². The van der Waals surface area contributed by atoms with Crippen molar-refractivity contribution in [3.63, 3.8) is 0 Å². The Kier molecular flexibility index (Phi) is 15.6. The van der Waals surface area contributed by atoms with Gasteiger partial charge in [-0.25, -0.2) is 0 Å². The smallest absolute Gasteiger partial charge is 0.664 e. The van der Waals surface area contributed by atoms with Crippen LogP contribution in [-0.2, 0) is 25.5 Å². The van der Waals surface area contributed by atoms with Gasteiger partial charge in [-0.2, -0.15) is 11.4 Å². The van der Waals surface area contributed by atoms with E-state index in [2.05, 4.69) is 66.1 Å². The van der Waals surface area contributed by atoms with Gasteiger partial charge in [-0.15, -0.1) is 22.8 Å². The molecule has 3 aromatic heterocycles. The molecule has 8 bridgehead atoms. The van der Waals surface area contributed by atoms with E-state index in [9.17, 15) is 14.4 Å². The van der Waals surface area contributed by atoms with Crippen LogP contribution in [-0.4, -0.2) is 59.5 Å². The molecule has 6 rings (SSSR count). The van der Waals surface area contributed by atoms with Crippen LogP contribution in [0.25, 0.3) is 35.2 Å². The second-order valence-corrected chi connectivity index (χ2v) is 17.5. The largest absolute Gasteiger partial charge is 2.00 e. The molecule has 3 aromatic rings. The molecule has 1 N–H and O–H groups in total. The van der Waals surface area contributed by atoms with Gasteiger partial charge in [0.25, 0.3) is 0 Å². The molecule has 1 saturated heterocycles. The Balaban J connectivity index is 0.00000683. The fraction of sp³-hybridized carbons (Fsp3) is 0.500. The van der Waals surface area contributed by atoms with Crippen LogP contribution in [0.2, 0.25) is 0 Å². The summed E-state index contributed by atoms with van der Waals surface area (Å²) in [7, 11) is 1.30. The number of Topliss-reactive ketones (excluding diaryl/α,β-unsaturated/α-hetero) is 1. The fourth-order valence-corrected chi connectivity index (χ4v) is 9.20. The topological polar surface area (TPSA) is 128 Å². The minimum atomic E-state index is -1.21. The van der Waals surface area contributed by atoms with E-state index in [1.54, 1.807) is 0 Å². The maximum Gasteiger partial charge on any atom is 2.00 e. The van der Waals surface area contributed by atoms with E-state index in [1.807, 2.05) is 38.2 Å². The van der Waals surface area contributed by atoms with Crippen molar-refractivity contribution >= 4 is 70.7 Å². The van der Waals surface area contributed by atoms with E-state index >= 15 is 0 Å². The maximum absolute atomic E-state index is 14.3. The van der Waals surface area contributed by atoms with E-state index in [-0.39, 0.29) is 59.7 Å². The van der Waals surface area contributed by atoms with Crippen LogP contribution in [0.3, 0.4) is 0 Å². The predicted octanol–water partition coefficient (Wildman–Crippen LogP) is 8.93. The van der Waals surface area contributed by atoms with Crippen molar-refractivity contribution in [1.82, 2.24) is 15.0 Å². The van der Waals surface area contributed by atoms with Gasteiger partial charge in [0.05, 0.1) is 7.11 Å². The third kappa shape index (κ3) is 9.60. The molecular formula is C50H63MgN4O5-. The van der Waals surface area contributed by atoms with Crippen molar-refractivity contribution < 1.29 is 23.9 Å². The molecule has 0 amide bonds. The Bertz CT molecular complexity index is 2350. The summed E-state index contributed by atoms with van der Waals surface area (Å²) in [4.78, 5) is 55.0. The van der Waals surface area contributed by atoms with Gasteiger partial charge in [-0.05, 0) is 99.8 Å². The Morgan fingerprint density at radius 2 is 1.63 bits per heavy atom. The van der Waals surface area contributed by atoms with E-state index in [1.165, 1.54) is 38.4 Å². The number of ketones is 1. The van der Waals surface area contributed by atoms with Crippen molar-refractivity contribution in [2.75, 3.05) is 13.7 Å². The second kappa shape index (κ2) is 20.1. The minimum absolute atomic E-state index is 0. The summed E-state index contributed by atoms with van der Waals surface area (Å²) >= 11 is 0. The summed E-state index contributed by atoms with van der Waals surface area (Å²) < 4.78 is 11.0. The number of nitrogens with one attached hydrogen (secondary N) is 1. The first-order chi connectivity index (χ1) is 28.2. The van der Waals surface area contributed by atoms with Crippen molar-refractivity contribution in [1.29, 1.82) is 0 Å². The van der Waals surface area contributed by atoms with Crippen molar-refractivity contribution in [2.45, 2.75) is 120 Å². The molecule has 2 aliphatic heterocycles. The second-order valence-electron chi connectivity index (χ2n) is 17.5. The number of aromatic nitrogens is 3. The Morgan fingerprint density at radius 3 is 2.32 bits per heavy atom. The number of H-pyrrole nitrogens is 1. The molecule has 3 aliphatic rings. The molecule has 5 heterocycles. The quantitative estimate of drug-likeness (QED) is 0.0662. The van der Waals surface area contributed by atoms with E-state index in [0.29, 0.717) is 40.2 Å². The standard InChI is InChI=1S/C50H64N4O5.Mg/c1-12-34-30(7)37-24-39-32(9)36(20-21-43(55)59-23-22-29(6)19-15-18-28(5)17-14-16-27(3)4)47(53-39)45-46(50(57)58-11)49(56)44-33(10)40(54-48(44)45)26-42-35(13-2)31(8)38(52-42)25-41(34)51-37;/h12,22,24-28,32,36,46,52H,1,13-21,23H2,2-11H3,(H-,53,54,56);/q-2;+2/p-1/b29-22+,38-25-,39-24-,42-26-;/t28-,32+,36+,46-;/m1./s1. The first-order valence-corrected chi connectivity index (χ1v) is 21.7. The number of carbonyl (C=O) groups is 3. The molecule has 60 heavy (non-hydrogen) atoms. The van der Waals surface area contributed by atoms with Gasteiger partial charge in [0.1, 0.15) is 12.5 Å².